The van der Waals surface area contributed by atoms with Crippen LogP contribution in [0.3, 0.4) is 0 Å². The Labute approximate surface area is 164 Å². The van der Waals surface area contributed by atoms with Crippen molar-refractivity contribution in [2.24, 2.45) is 4.99 Å². The lowest BCUT2D eigenvalue weighted by atomic mass is 10.2. The number of rotatable bonds is 6. The molecule has 0 aliphatic carbocycles. The van der Waals surface area contributed by atoms with Crippen molar-refractivity contribution in [2.75, 3.05) is 12.0 Å². The Morgan fingerprint density at radius 3 is 2.81 bits per heavy atom. The van der Waals surface area contributed by atoms with Gasteiger partial charge in [0.05, 0.1) is 15.1 Å². The molecule has 3 rings (SSSR count). The standard InChI is InChI=1S/C19H19N3O3S2/c1-3-13-7-8-16-17(11-13)27-19(21(16)9-10-26-2)20-18(23)14-5-4-6-15(12-14)22(24)25/h4-8,11-12H,3,9-10H2,1-2H3. The molecule has 0 unspecified atom stereocenters. The molecule has 1 heterocycles. The normalized spacial score (nSPS) is 11.9. The third-order valence-corrected chi connectivity index (χ3v) is 5.81. The number of benzene rings is 2. The van der Waals surface area contributed by atoms with E-state index in [-0.39, 0.29) is 11.3 Å². The Morgan fingerprint density at radius 2 is 2.11 bits per heavy atom. The lowest BCUT2D eigenvalue weighted by Gasteiger charge is -2.04. The first-order valence-electron chi connectivity index (χ1n) is 8.48. The molecule has 8 heteroatoms. The van der Waals surface area contributed by atoms with E-state index >= 15 is 0 Å². The first-order chi connectivity index (χ1) is 13.0. The summed E-state index contributed by atoms with van der Waals surface area (Å²) >= 11 is 3.20. The summed E-state index contributed by atoms with van der Waals surface area (Å²) in [5.41, 5.74) is 2.39. The van der Waals surface area contributed by atoms with Crippen molar-refractivity contribution in [1.29, 1.82) is 0 Å². The Kier molecular flexibility index (Phi) is 6.08. The number of carbonyl (C=O) groups is 1. The average Bonchev–Trinajstić information content (AvgIpc) is 3.02. The molecule has 0 saturated carbocycles. The van der Waals surface area contributed by atoms with Crippen LogP contribution in [0.25, 0.3) is 10.2 Å². The van der Waals surface area contributed by atoms with Crippen molar-refractivity contribution < 1.29 is 9.72 Å². The van der Waals surface area contributed by atoms with E-state index in [0.29, 0.717) is 4.80 Å². The molecule has 27 heavy (non-hydrogen) atoms. The number of amides is 1. The highest BCUT2D eigenvalue weighted by Crippen LogP contribution is 2.20. The highest BCUT2D eigenvalue weighted by atomic mass is 32.2. The number of carbonyl (C=O) groups excluding carboxylic acids is 1. The summed E-state index contributed by atoms with van der Waals surface area (Å²) in [6.07, 6.45) is 2.98. The van der Waals surface area contributed by atoms with Crippen LogP contribution in [0.1, 0.15) is 22.8 Å². The molecule has 0 N–H and O–H groups in total. The lowest BCUT2D eigenvalue weighted by molar-refractivity contribution is -0.384. The maximum absolute atomic E-state index is 12.6. The quantitative estimate of drug-likeness (QED) is 0.456. The summed E-state index contributed by atoms with van der Waals surface area (Å²) in [5.74, 6) is 0.429. The third kappa shape index (κ3) is 4.28. The zero-order chi connectivity index (χ0) is 19.4. The van der Waals surface area contributed by atoms with Crippen LogP contribution in [0.15, 0.2) is 47.5 Å². The molecule has 1 aromatic heterocycles. The minimum absolute atomic E-state index is 0.116. The van der Waals surface area contributed by atoms with Gasteiger partial charge in [0, 0.05) is 30.0 Å². The van der Waals surface area contributed by atoms with Gasteiger partial charge in [0.25, 0.3) is 11.6 Å². The van der Waals surface area contributed by atoms with Gasteiger partial charge < -0.3 is 4.57 Å². The first kappa shape index (κ1) is 19.3. The molecule has 0 radical (unpaired) electrons. The summed E-state index contributed by atoms with van der Waals surface area (Å²) in [6, 6.07) is 12.0. The fraction of sp³-hybridized carbons (Fsp3) is 0.263. The number of nitrogens with zero attached hydrogens (tertiary/aromatic N) is 3. The summed E-state index contributed by atoms with van der Waals surface area (Å²) in [6.45, 7) is 2.85. The van der Waals surface area contributed by atoms with Gasteiger partial charge >= 0.3 is 0 Å². The highest BCUT2D eigenvalue weighted by molar-refractivity contribution is 7.98. The van der Waals surface area contributed by atoms with Crippen LogP contribution >= 0.6 is 23.1 Å². The van der Waals surface area contributed by atoms with Gasteiger partial charge in [-0.15, -0.1) is 0 Å². The number of aryl methyl sites for hydroxylation is 2. The van der Waals surface area contributed by atoms with Gasteiger partial charge in [0.2, 0.25) is 0 Å². The molecular weight excluding hydrogens is 382 g/mol. The van der Waals surface area contributed by atoms with Gasteiger partial charge in [-0.25, -0.2) is 0 Å². The predicted molar refractivity (Wildman–Crippen MR) is 111 cm³/mol. The minimum atomic E-state index is -0.513. The molecule has 0 fully saturated rings. The summed E-state index contributed by atoms with van der Waals surface area (Å²) in [7, 11) is 0. The van der Waals surface area contributed by atoms with Gasteiger partial charge in [0.15, 0.2) is 4.80 Å². The van der Waals surface area contributed by atoms with Gasteiger partial charge in [-0.3, -0.25) is 14.9 Å². The maximum Gasteiger partial charge on any atom is 0.279 e. The second kappa shape index (κ2) is 8.49. The molecule has 0 saturated heterocycles. The van der Waals surface area contributed by atoms with Crippen LogP contribution in [-0.2, 0) is 13.0 Å². The average molecular weight is 402 g/mol. The van der Waals surface area contributed by atoms with Crippen molar-refractivity contribution in [1.82, 2.24) is 4.57 Å². The SMILES string of the molecule is CCc1ccc2c(c1)sc(=NC(=O)c1cccc([N+](=O)[O-])c1)n2CCSC. The van der Waals surface area contributed by atoms with Gasteiger partial charge in [-0.05, 0) is 36.4 Å². The van der Waals surface area contributed by atoms with Gasteiger partial charge in [-0.2, -0.15) is 16.8 Å². The monoisotopic (exact) mass is 401 g/mol. The van der Waals surface area contributed by atoms with E-state index in [4.69, 9.17) is 0 Å². The van der Waals surface area contributed by atoms with Gasteiger partial charge in [-0.1, -0.05) is 30.4 Å². The molecule has 1 amide bonds. The Bertz CT molecular complexity index is 1070. The molecule has 0 atom stereocenters. The van der Waals surface area contributed by atoms with E-state index in [9.17, 15) is 14.9 Å². The number of fused-ring (bicyclic) bond motifs is 1. The fourth-order valence-corrected chi connectivity index (χ4v) is 4.21. The van der Waals surface area contributed by atoms with Crippen LogP contribution in [0, 0.1) is 10.1 Å². The second-order valence-corrected chi connectivity index (χ2v) is 7.90. The van der Waals surface area contributed by atoms with Gasteiger partial charge in [0.1, 0.15) is 0 Å². The predicted octanol–water partition coefficient (Wildman–Crippen LogP) is 4.28. The van der Waals surface area contributed by atoms with Crippen molar-refractivity contribution in [3.05, 3.63) is 68.5 Å². The highest BCUT2D eigenvalue weighted by Gasteiger charge is 2.13. The summed E-state index contributed by atoms with van der Waals surface area (Å²) in [4.78, 5) is 27.9. The zero-order valence-electron chi connectivity index (χ0n) is 15.0. The molecule has 2 aromatic carbocycles. The van der Waals surface area contributed by atoms with E-state index in [1.54, 1.807) is 17.8 Å². The molecule has 0 bridgehead atoms. The largest absolute Gasteiger partial charge is 0.316 e. The number of hydrogen-bond donors (Lipinski definition) is 0. The Hall–Kier alpha value is -2.45. The first-order valence-corrected chi connectivity index (χ1v) is 10.7. The van der Waals surface area contributed by atoms with Crippen molar-refractivity contribution >= 4 is 44.9 Å². The third-order valence-electron chi connectivity index (χ3n) is 4.18. The van der Waals surface area contributed by atoms with E-state index in [0.717, 1.165) is 28.9 Å². The van der Waals surface area contributed by atoms with Crippen LogP contribution < -0.4 is 4.80 Å². The summed E-state index contributed by atoms with van der Waals surface area (Å²) in [5, 5.41) is 10.9. The minimum Gasteiger partial charge on any atom is -0.316 e. The second-order valence-electron chi connectivity index (χ2n) is 5.91. The number of thioether (sulfide) groups is 1. The van der Waals surface area contributed by atoms with E-state index < -0.39 is 10.8 Å². The number of thiazole rings is 1. The van der Waals surface area contributed by atoms with E-state index in [2.05, 4.69) is 30.1 Å². The smallest absolute Gasteiger partial charge is 0.279 e. The molecule has 3 aromatic rings. The summed E-state index contributed by atoms with van der Waals surface area (Å²) < 4.78 is 3.13. The Morgan fingerprint density at radius 1 is 1.30 bits per heavy atom. The number of non-ortho nitro benzene ring substituents is 1. The molecule has 0 aliphatic heterocycles. The van der Waals surface area contributed by atoms with Crippen molar-refractivity contribution in [3.8, 4) is 0 Å². The topological polar surface area (TPSA) is 77.5 Å². The van der Waals surface area contributed by atoms with E-state index in [1.165, 1.54) is 35.1 Å². The fourth-order valence-electron chi connectivity index (χ4n) is 2.73. The molecule has 6 nitrogen and oxygen atoms in total. The lowest BCUT2D eigenvalue weighted by Crippen LogP contribution is -2.18. The Balaban J connectivity index is 2.09. The van der Waals surface area contributed by atoms with Crippen LogP contribution in [0.4, 0.5) is 5.69 Å². The van der Waals surface area contributed by atoms with Crippen LogP contribution in [0.2, 0.25) is 0 Å². The number of nitro groups is 1. The van der Waals surface area contributed by atoms with E-state index in [1.807, 2.05) is 10.8 Å². The number of hydrogen-bond acceptors (Lipinski definition) is 5. The van der Waals surface area contributed by atoms with Crippen LogP contribution in [0.5, 0.6) is 0 Å². The molecular formula is C19H19N3O3S2. The molecule has 0 aliphatic rings. The zero-order valence-corrected chi connectivity index (χ0v) is 16.7. The molecule has 140 valence electrons. The maximum atomic E-state index is 12.6. The van der Waals surface area contributed by atoms with Crippen LogP contribution in [-0.4, -0.2) is 27.4 Å². The number of nitro benzene ring substituents is 1. The van der Waals surface area contributed by atoms with Crippen molar-refractivity contribution in [2.45, 2.75) is 19.9 Å². The number of aromatic nitrogens is 1. The molecule has 0 spiro atoms. The van der Waals surface area contributed by atoms with Crippen molar-refractivity contribution in [3.63, 3.8) is 0 Å².